The van der Waals surface area contributed by atoms with Gasteiger partial charge in [0.05, 0.1) is 11.0 Å². The number of para-hydroxylation sites is 2. The molecular weight excluding hydrogens is 752 g/mol. The lowest BCUT2D eigenvalue weighted by Crippen LogP contribution is -2.83. The van der Waals surface area contributed by atoms with Crippen LogP contribution >= 0.6 is 0 Å². The summed E-state index contributed by atoms with van der Waals surface area (Å²) in [5.41, 5.74) is 21.3. The summed E-state index contributed by atoms with van der Waals surface area (Å²) in [5.74, 6) is 0. The van der Waals surface area contributed by atoms with E-state index < -0.39 is 8.07 Å². The van der Waals surface area contributed by atoms with Crippen LogP contribution in [0.3, 0.4) is 0 Å². The summed E-state index contributed by atoms with van der Waals surface area (Å²) in [4.78, 5) is 0. The van der Waals surface area contributed by atoms with Crippen LogP contribution in [0.25, 0.3) is 44.3 Å². The zero-order valence-corrected chi connectivity index (χ0v) is 36.4. The molecule has 0 N–H and O–H groups in total. The van der Waals surface area contributed by atoms with E-state index in [-0.39, 0.29) is 12.1 Å². The average molecular weight is 801 g/mol. The number of hydrogen-bond donors (Lipinski definition) is 0. The van der Waals surface area contributed by atoms with Crippen molar-refractivity contribution in [3.05, 3.63) is 191 Å². The summed E-state index contributed by atoms with van der Waals surface area (Å²) in [6.07, 6.45) is 8.34. The Balaban J connectivity index is 1.14. The molecule has 0 fully saturated rings. The number of fused-ring (bicyclic) bond motifs is 10. The van der Waals surface area contributed by atoms with Gasteiger partial charge in [0, 0.05) is 39.0 Å². The van der Waals surface area contributed by atoms with Crippen LogP contribution in [0.4, 0.5) is 0 Å². The van der Waals surface area contributed by atoms with Crippen molar-refractivity contribution >= 4 is 68.5 Å². The third-order valence-electron chi connectivity index (χ3n) is 15.7. The predicted octanol–water partition coefficient (Wildman–Crippen LogP) is 9.18. The second-order valence-electron chi connectivity index (χ2n) is 19.1. The van der Waals surface area contributed by atoms with Gasteiger partial charge in [0.15, 0.2) is 0 Å². The van der Waals surface area contributed by atoms with Crippen molar-refractivity contribution in [2.45, 2.75) is 70.8 Å². The fraction of sp³-hybridized carbons (Fsp3) is 0.193. The molecule has 0 amide bonds. The molecule has 7 aromatic carbocycles. The van der Waals surface area contributed by atoms with Gasteiger partial charge in [0.2, 0.25) is 6.71 Å². The van der Waals surface area contributed by atoms with Crippen molar-refractivity contribution in [3.8, 4) is 22.5 Å². The van der Waals surface area contributed by atoms with E-state index in [0.29, 0.717) is 0 Å². The highest BCUT2D eigenvalue weighted by Crippen LogP contribution is 2.41. The third kappa shape index (κ3) is 4.86. The molecule has 0 bridgehead atoms. The lowest BCUT2D eigenvalue weighted by molar-refractivity contribution is 0.643. The van der Waals surface area contributed by atoms with Gasteiger partial charge < -0.3 is 9.13 Å². The van der Waals surface area contributed by atoms with Gasteiger partial charge >= 0.3 is 0 Å². The molecule has 4 heteroatoms. The quantitative estimate of drug-likeness (QED) is 0.157. The van der Waals surface area contributed by atoms with Gasteiger partial charge in [-0.15, -0.1) is 0 Å². The van der Waals surface area contributed by atoms with Crippen LogP contribution in [0.5, 0.6) is 0 Å². The number of aromatic nitrogens is 2. The lowest BCUT2D eigenvalue weighted by Gasteiger charge is -2.47. The highest BCUT2D eigenvalue weighted by Gasteiger charge is 2.51. The van der Waals surface area contributed by atoms with Gasteiger partial charge in [-0.05, 0) is 120 Å². The summed E-state index contributed by atoms with van der Waals surface area (Å²) >= 11 is 0. The average Bonchev–Trinajstić information content (AvgIpc) is 4.01. The molecule has 13 rings (SSSR count). The molecule has 4 heterocycles. The molecule has 0 spiro atoms. The number of rotatable bonds is 4. The van der Waals surface area contributed by atoms with Crippen LogP contribution in [-0.4, -0.2) is 23.9 Å². The van der Waals surface area contributed by atoms with E-state index in [9.17, 15) is 0 Å². The Kier molecular flexibility index (Phi) is 7.57. The molecular formula is C57H49BN2Si. The molecule has 2 aliphatic heterocycles. The molecule has 0 saturated carbocycles. The van der Waals surface area contributed by atoms with E-state index in [1.54, 1.807) is 27.0 Å². The zero-order chi connectivity index (χ0) is 40.6. The van der Waals surface area contributed by atoms with Crippen molar-refractivity contribution in [2.24, 2.45) is 0 Å². The van der Waals surface area contributed by atoms with E-state index in [1.807, 2.05) is 0 Å². The molecule has 61 heavy (non-hydrogen) atoms. The fourth-order valence-electron chi connectivity index (χ4n) is 12.8. The number of aryl methyl sites for hydroxylation is 2. The van der Waals surface area contributed by atoms with Gasteiger partial charge in [0.25, 0.3) is 0 Å². The molecule has 0 saturated heterocycles. The first kappa shape index (κ1) is 35.6. The summed E-state index contributed by atoms with van der Waals surface area (Å²) in [7, 11) is -2.58. The first-order valence-corrected chi connectivity index (χ1v) is 25.2. The van der Waals surface area contributed by atoms with Crippen LogP contribution in [0.2, 0.25) is 6.55 Å². The van der Waals surface area contributed by atoms with Crippen LogP contribution in [0, 0.1) is 0 Å². The predicted molar refractivity (Wildman–Crippen MR) is 261 cm³/mol. The van der Waals surface area contributed by atoms with E-state index >= 15 is 0 Å². The van der Waals surface area contributed by atoms with Gasteiger partial charge in [0.1, 0.15) is 8.07 Å². The summed E-state index contributed by atoms with van der Waals surface area (Å²) in [5, 5.41) is 7.46. The number of hydrogen-bond acceptors (Lipinski definition) is 0. The lowest BCUT2D eigenvalue weighted by atomic mass is 9.31. The first-order valence-electron chi connectivity index (χ1n) is 22.7. The van der Waals surface area contributed by atoms with Crippen molar-refractivity contribution in [3.63, 3.8) is 0 Å². The molecule has 294 valence electrons. The maximum Gasteiger partial charge on any atom is 0.241 e. The molecule has 1 unspecified atom stereocenters. The fourth-order valence-corrected chi connectivity index (χ4v) is 17.1. The molecule has 4 aliphatic rings. The largest absolute Gasteiger partial charge is 0.313 e. The van der Waals surface area contributed by atoms with Crippen molar-refractivity contribution in [2.75, 3.05) is 0 Å². The number of benzene rings is 7. The first-order chi connectivity index (χ1) is 29.9. The second-order valence-corrected chi connectivity index (χ2v) is 23.0. The number of nitrogens with zero attached hydrogens (tertiary/aromatic N) is 2. The maximum atomic E-state index is 2.70. The van der Waals surface area contributed by atoms with Crippen molar-refractivity contribution in [1.29, 1.82) is 0 Å². The van der Waals surface area contributed by atoms with Gasteiger partial charge in [-0.3, -0.25) is 0 Å². The summed E-state index contributed by atoms with van der Waals surface area (Å²) < 4.78 is 5.31. The van der Waals surface area contributed by atoms with E-state index in [2.05, 4.69) is 187 Å². The minimum atomic E-state index is -2.58. The van der Waals surface area contributed by atoms with Crippen LogP contribution in [0.1, 0.15) is 66.8 Å². The summed E-state index contributed by atoms with van der Waals surface area (Å²) in [6, 6.07) is 61.5. The van der Waals surface area contributed by atoms with E-state index in [0.717, 1.165) is 19.3 Å². The zero-order valence-electron chi connectivity index (χ0n) is 35.4. The topological polar surface area (TPSA) is 9.86 Å². The Hall–Kier alpha value is -6.10. The molecule has 0 radical (unpaired) electrons. The highest BCUT2D eigenvalue weighted by molar-refractivity contribution is 7.20. The Morgan fingerprint density at radius 3 is 1.84 bits per heavy atom. The standard InChI is InChI=1S/C57H49BN2Si/c1-57(2)46-34-39(59-50-25-13-10-23-44(50)45-24-16-28-53(45)59)30-31-48(46)58-49-33-38(37-17-6-4-7-18-37)29-32-54(49)61(3,41-19-8-5-9-20-41)55-36-40(35-47(57)56(55)58)60-51-26-14-11-21-42(51)43-22-12-15-27-52(43)60/h4-11,13-14,17-21,23,25-26,29-36H,12,15-16,22,24,27-28H2,1-3H3. The molecule has 9 aromatic rings. The third-order valence-corrected chi connectivity index (χ3v) is 20.2. The molecule has 2 aliphatic carbocycles. The van der Waals surface area contributed by atoms with Gasteiger partial charge in [-0.25, -0.2) is 0 Å². The van der Waals surface area contributed by atoms with Crippen molar-refractivity contribution in [1.82, 2.24) is 9.13 Å². The minimum absolute atomic E-state index is 0.126. The SMILES string of the molecule is CC1(C)c2cc(-n3c4c(c5ccccc53)CCC4)ccc2B2c3cc(-c4ccccc4)ccc3[Si](C)(c3ccccc3)c3cc(-n4c5c(c6ccccc64)CCCC5)cc1c32. The van der Waals surface area contributed by atoms with E-state index in [4.69, 9.17) is 0 Å². The Labute approximate surface area is 360 Å². The monoisotopic (exact) mass is 800 g/mol. The van der Waals surface area contributed by atoms with Crippen molar-refractivity contribution < 1.29 is 0 Å². The van der Waals surface area contributed by atoms with Crippen LogP contribution in [0.15, 0.2) is 158 Å². The summed E-state index contributed by atoms with van der Waals surface area (Å²) in [6.45, 7) is 7.85. The highest BCUT2D eigenvalue weighted by atomic mass is 28.3. The van der Waals surface area contributed by atoms with Gasteiger partial charge in [-0.1, -0.05) is 168 Å². The molecule has 2 aromatic heterocycles. The molecule has 2 nitrogen and oxygen atoms in total. The smallest absolute Gasteiger partial charge is 0.241 e. The van der Waals surface area contributed by atoms with E-state index in [1.165, 1.54) is 109 Å². The van der Waals surface area contributed by atoms with Crippen LogP contribution in [-0.2, 0) is 31.1 Å². The normalized spacial score (nSPS) is 18.1. The van der Waals surface area contributed by atoms with Gasteiger partial charge in [-0.2, -0.15) is 0 Å². The Morgan fingerprint density at radius 2 is 1.10 bits per heavy atom. The Bertz CT molecular complexity index is 3280. The second kappa shape index (κ2) is 13.0. The minimum Gasteiger partial charge on any atom is -0.313 e. The molecule has 1 atom stereocenters. The van der Waals surface area contributed by atoms with Crippen LogP contribution < -0.4 is 31.9 Å². The Morgan fingerprint density at radius 1 is 0.492 bits per heavy atom. The maximum absolute atomic E-state index is 2.70.